The predicted molar refractivity (Wildman–Crippen MR) is 85.0 cm³/mol. The molecule has 1 aromatic carbocycles. The number of carbonyl (C=O) groups excluding carboxylic acids is 1. The highest BCUT2D eigenvalue weighted by Gasteiger charge is 2.34. The van der Waals surface area contributed by atoms with Crippen LogP contribution in [0.4, 0.5) is 0 Å². The van der Waals surface area contributed by atoms with E-state index in [1.807, 2.05) is 12.1 Å². The molecular formula is C18H25NO3. The lowest BCUT2D eigenvalue weighted by molar-refractivity contribution is -0.141. The van der Waals surface area contributed by atoms with Gasteiger partial charge in [0.1, 0.15) is 5.75 Å². The topological polar surface area (TPSA) is 47.6 Å². The second-order valence-corrected chi connectivity index (χ2v) is 6.46. The third-order valence-corrected chi connectivity index (χ3v) is 4.75. The van der Waals surface area contributed by atoms with E-state index in [1.165, 1.54) is 25.5 Å². The van der Waals surface area contributed by atoms with Gasteiger partial charge in [-0.25, -0.2) is 0 Å². The molecule has 1 atom stereocenters. The van der Waals surface area contributed by atoms with Crippen molar-refractivity contribution in [3.05, 3.63) is 29.8 Å². The molecule has 4 heteroatoms. The number of hydrogen-bond acceptors (Lipinski definition) is 4. The van der Waals surface area contributed by atoms with Gasteiger partial charge in [0.2, 0.25) is 0 Å². The molecule has 1 saturated heterocycles. The minimum atomic E-state index is -0.124. The van der Waals surface area contributed by atoms with E-state index in [0.29, 0.717) is 12.3 Å². The van der Waals surface area contributed by atoms with Crippen molar-refractivity contribution in [2.24, 2.45) is 11.8 Å². The summed E-state index contributed by atoms with van der Waals surface area (Å²) in [6, 6.07) is 8.24. The molecule has 120 valence electrons. The molecule has 1 N–H and O–H groups in total. The van der Waals surface area contributed by atoms with Crippen LogP contribution in [0.5, 0.6) is 5.75 Å². The van der Waals surface area contributed by atoms with E-state index in [-0.39, 0.29) is 11.9 Å². The smallest absolute Gasteiger partial charge is 0.306 e. The normalized spacial score (nSPS) is 19.3. The van der Waals surface area contributed by atoms with Crippen molar-refractivity contribution in [2.75, 3.05) is 26.8 Å². The molecule has 0 aromatic heterocycles. The van der Waals surface area contributed by atoms with Crippen LogP contribution in [0, 0.1) is 11.8 Å². The molecular weight excluding hydrogens is 278 g/mol. The molecule has 0 unspecified atom stereocenters. The minimum Gasteiger partial charge on any atom is -0.494 e. The SMILES string of the molecule is COC(=O)C[C@H](c1cccc(OCCC2CNC2)c1)C1CC1. The van der Waals surface area contributed by atoms with Crippen molar-refractivity contribution in [1.29, 1.82) is 0 Å². The largest absolute Gasteiger partial charge is 0.494 e. The quantitative estimate of drug-likeness (QED) is 0.750. The summed E-state index contributed by atoms with van der Waals surface area (Å²) in [5.74, 6) is 2.45. The first-order valence-electron chi connectivity index (χ1n) is 8.26. The first kappa shape index (κ1) is 15.3. The van der Waals surface area contributed by atoms with E-state index in [1.54, 1.807) is 0 Å². The van der Waals surface area contributed by atoms with E-state index in [9.17, 15) is 4.79 Å². The Balaban J connectivity index is 1.59. The fourth-order valence-corrected chi connectivity index (χ4v) is 3.05. The van der Waals surface area contributed by atoms with Gasteiger partial charge in [-0.05, 0) is 67.8 Å². The number of esters is 1. The Morgan fingerprint density at radius 3 is 2.82 bits per heavy atom. The van der Waals surface area contributed by atoms with Crippen LogP contribution >= 0.6 is 0 Å². The van der Waals surface area contributed by atoms with Gasteiger partial charge in [-0.1, -0.05) is 12.1 Å². The summed E-state index contributed by atoms with van der Waals surface area (Å²) < 4.78 is 10.7. The Kier molecular flexibility index (Phi) is 4.98. The standard InChI is InChI=1S/C18H25NO3/c1-21-18(20)10-17(14-5-6-14)15-3-2-4-16(9-15)22-8-7-13-11-19-12-13/h2-4,9,13-14,17,19H,5-8,10-12H2,1H3/t17-/m0/s1. The van der Waals surface area contributed by atoms with Crippen LogP contribution in [0.15, 0.2) is 24.3 Å². The van der Waals surface area contributed by atoms with Gasteiger partial charge in [-0.15, -0.1) is 0 Å². The van der Waals surface area contributed by atoms with Crippen molar-refractivity contribution >= 4 is 5.97 Å². The first-order valence-corrected chi connectivity index (χ1v) is 8.26. The zero-order valence-electron chi connectivity index (χ0n) is 13.2. The number of rotatable bonds is 8. The van der Waals surface area contributed by atoms with Crippen LogP contribution < -0.4 is 10.1 Å². The van der Waals surface area contributed by atoms with E-state index in [4.69, 9.17) is 9.47 Å². The van der Waals surface area contributed by atoms with Crippen LogP contribution in [-0.4, -0.2) is 32.8 Å². The van der Waals surface area contributed by atoms with Crippen LogP contribution in [-0.2, 0) is 9.53 Å². The molecule has 1 aliphatic heterocycles. The lowest BCUT2D eigenvalue weighted by Gasteiger charge is -2.26. The van der Waals surface area contributed by atoms with Gasteiger partial charge in [-0.2, -0.15) is 0 Å². The Hall–Kier alpha value is -1.55. The second-order valence-electron chi connectivity index (χ2n) is 6.46. The number of hydrogen-bond donors (Lipinski definition) is 1. The molecule has 2 fully saturated rings. The van der Waals surface area contributed by atoms with Crippen molar-refractivity contribution in [2.45, 2.75) is 31.6 Å². The highest BCUT2D eigenvalue weighted by Crippen LogP contribution is 2.45. The van der Waals surface area contributed by atoms with Crippen molar-refractivity contribution < 1.29 is 14.3 Å². The monoisotopic (exact) mass is 303 g/mol. The molecule has 1 aromatic rings. The number of benzene rings is 1. The van der Waals surface area contributed by atoms with Gasteiger partial charge < -0.3 is 14.8 Å². The summed E-state index contributed by atoms with van der Waals surface area (Å²) in [5, 5.41) is 3.28. The molecule has 0 bridgehead atoms. The lowest BCUT2D eigenvalue weighted by atomic mass is 9.91. The van der Waals surface area contributed by atoms with E-state index in [0.717, 1.165) is 37.8 Å². The van der Waals surface area contributed by atoms with Gasteiger partial charge in [0, 0.05) is 0 Å². The third kappa shape index (κ3) is 4.01. The van der Waals surface area contributed by atoms with Crippen molar-refractivity contribution in [3.63, 3.8) is 0 Å². The van der Waals surface area contributed by atoms with Gasteiger partial charge in [0.05, 0.1) is 20.1 Å². The predicted octanol–water partition coefficient (Wildman–Crippen LogP) is 2.73. The number of ether oxygens (including phenoxy) is 2. The van der Waals surface area contributed by atoms with Gasteiger partial charge in [-0.3, -0.25) is 4.79 Å². The Morgan fingerprint density at radius 1 is 1.36 bits per heavy atom. The van der Waals surface area contributed by atoms with Crippen LogP contribution in [0.2, 0.25) is 0 Å². The highest BCUT2D eigenvalue weighted by molar-refractivity contribution is 5.70. The minimum absolute atomic E-state index is 0.124. The highest BCUT2D eigenvalue weighted by atomic mass is 16.5. The first-order chi connectivity index (χ1) is 10.8. The summed E-state index contributed by atoms with van der Waals surface area (Å²) in [7, 11) is 1.46. The molecule has 3 rings (SSSR count). The number of nitrogens with one attached hydrogen (secondary N) is 1. The summed E-state index contributed by atoms with van der Waals surface area (Å²) >= 11 is 0. The molecule has 0 spiro atoms. The third-order valence-electron chi connectivity index (χ3n) is 4.75. The van der Waals surface area contributed by atoms with Crippen molar-refractivity contribution in [3.8, 4) is 5.75 Å². The van der Waals surface area contributed by atoms with E-state index >= 15 is 0 Å². The molecule has 1 saturated carbocycles. The average molecular weight is 303 g/mol. The van der Waals surface area contributed by atoms with Gasteiger partial charge >= 0.3 is 5.97 Å². The maximum atomic E-state index is 11.6. The van der Waals surface area contributed by atoms with E-state index in [2.05, 4.69) is 17.4 Å². The zero-order valence-corrected chi connectivity index (χ0v) is 13.2. The number of carbonyl (C=O) groups is 1. The fraction of sp³-hybridized carbons (Fsp3) is 0.611. The van der Waals surface area contributed by atoms with Gasteiger partial charge in [0.25, 0.3) is 0 Å². The Morgan fingerprint density at radius 2 is 2.18 bits per heavy atom. The van der Waals surface area contributed by atoms with Crippen LogP contribution in [0.3, 0.4) is 0 Å². The Labute approximate surface area is 132 Å². The summed E-state index contributed by atoms with van der Waals surface area (Å²) in [6.07, 6.45) is 3.99. The van der Waals surface area contributed by atoms with Gasteiger partial charge in [0.15, 0.2) is 0 Å². The van der Waals surface area contributed by atoms with Crippen LogP contribution in [0.1, 0.15) is 37.2 Å². The molecule has 2 aliphatic rings. The molecule has 0 radical (unpaired) electrons. The number of methoxy groups -OCH3 is 1. The van der Waals surface area contributed by atoms with E-state index < -0.39 is 0 Å². The van der Waals surface area contributed by atoms with Crippen molar-refractivity contribution in [1.82, 2.24) is 5.32 Å². The summed E-state index contributed by atoms with van der Waals surface area (Å²) in [5.41, 5.74) is 1.20. The fourth-order valence-electron chi connectivity index (χ4n) is 3.05. The summed E-state index contributed by atoms with van der Waals surface area (Å²) in [6.45, 7) is 3.00. The lowest BCUT2D eigenvalue weighted by Crippen LogP contribution is -2.42. The zero-order chi connectivity index (χ0) is 15.4. The average Bonchev–Trinajstić information content (AvgIpc) is 3.32. The molecule has 1 aliphatic carbocycles. The maximum absolute atomic E-state index is 11.6. The maximum Gasteiger partial charge on any atom is 0.306 e. The molecule has 1 heterocycles. The summed E-state index contributed by atoms with van der Waals surface area (Å²) in [4.78, 5) is 11.6. The second kappa shape index (κ2) is 7.14. The molecule has 4 nitrogen and oxygen atoms in total. The molecule has 22 heavy (non-hydrogen) atoms. The Bertz CT molecular complexity index is 509. The molecule has 0 amide bonds. The van der Waals surface area contributed by atoms with Crippen LogP contribution in [0.25, 0.3) is 0 Å².